The molecule has 0 spiro atoms. The molecular formula is C18H17N3O. The van der Waals surface area contributed by atoms with Crippen LogP contribution in [0.3, 0.4) is 0 Å². The molecule has 22 heavy (non-hydrogen) atoms. The van der Waals surface area contributed by atoms with Gasteiger partial charge in [0.25, 0.3) is 0 Å². The minimum Gasteiger partial charge on any atom is -0.409 e. The summed E-state index contributed by atoms with van der Waals surface area (Å²) in [5, 5.41) is 19.7. The first-order valence-electron chi connectivity index (χ1n) is 6.47. The van der Waals surface area contributed by atoms with Crippen LogP contribution in [0.5, 0.6) is 0 Å². The van der Waals surface area contributed by atoms with Crippen LogP contribution in [-0.4, -0.2) is 11.0 Å². The third kappa shape index (κ3) is 4.99. The Labute approximate surface area is 130 Å². The maximum Gasteiger partial charge on any atom is 0.170 e. The lowest BCUT2D eigenvalue weighted by atomic mass is 10.1. The van der Waals surface area contributed by atoms with E-state index in [9.17, 15) is 0 Å². The van der Waals surface area contributed by atoms with Crippen LogP contribution in [0.25, 0.3) is 12.2 Å². The second-order valence-electron chi connectivity index (χ2n) is 4.25. The minimum atomic E-state index is 0.116. The van der Waals surface area contributed by atoms with Crippen molar-refractivity contribution < 1.29 is 5.21 Å². The van der Waals surface area contributed by atoms with Gasteiger partial charge < -0.3 is 10.9 Å². The van der Waals surface area contributed by atoms with Crippen LogP contribution in [0.4, 0.5) is 0 Å². The summed E-state index contributed by atoms with van der Waals surface area (Å²) in [4.78, 5) is 0. The van der Waals surface area contributed by atoms with E-state index in [0.29, 0.717) is 11.1 Å². The molecule has 0 unspecified atom stereocenters. The number of nitrogens with two attached hydrogens (primary N) is 1. The maximum atomic E-state index is 8.43. The first kappa shape index (κ1) is 16.7. The lowest BCUT2D eigenvalue weighted by Crippen LogP contribution is -2.12. The molecule has 2 rings (SSSR count). The average molecular weight is 291 g/mol. The zero-order valence-corrected chi connectivity index (χ0v) is 12.1. The number of nitrogens with zero attached hydrogens (tertiary/aromatic N) is 2. The molecule has 4 nitrogen and oxygen atoms in total. The van der Waals surface area contributed by atoms with Crippen molar-refractivity contribution >= 4 is 18.0 Å². The zero-order valence-electron chi connectivity index (χ0n) is 12.1. The van der Waals surface area contributed by atoms with E-state index in [4.69, 9.17) is 16.2 Å². The molecule has 0 bridgehead atoms. The normalized spacial score (nSPS) is 9.86. The van der Waals surface area contributed by atoms with E-state index in [-0.39, 0.29) is 5.84 Å². The quantitative estimate of drug-likeness (QED) is 0.392. The molecule has 0 atom stereocenters. The van der Waals surface area contributed by atoms with Crippen molar-refractivity contribution in [3.05, 3.63) is 83.9 Å². The first-order valence-corrected chi connectivity index (χ1v) is 6.47. The van der Waals surface area contributed by atoms with Gasteiger partial charge in [0, 0.05) is 5.56 Å². The lowest BCUT2D eigenvalue weighted by Gasteiger charge is -1.97. The molecule has 2 aromatic carbocycles. The fourth-order valence-electron chi connectivity index (χ4n) is 1.54. The van der Waals surface area contributed by atoms with Gasteiger partial charge in [-0.1, -0.05) is 66.9 Å². The molecule has 0 aliphatic carbocycles. The molecule has 0 fully saturated rings. The monoisotopic (exact) mass is 291 g/mol. The van der Waals surface area contributed by atoms with Crippen molar-refractivity contribution in [2.45, 2.75) is 0 Å². The molecule has 4 heteroatoms. The molecule has 0 aliphatic rings. The standard InChI is InChI=1S/C9H10N2O.C9H7N/c1-2-7-3-5-8(6-4-7)9(10)11-12;1-2-8-3-5-9(7-10)6-4-8/h2-6,12H,1H2,(H2,10,11);2-6H,1H2. The summed E-state index contributed by atoms with van der Waals surface area (Å²) in [6.45, 7) is 7.22. The second-order valence-corrected chi connectivity index (χ2v) is 4.25. The maximum absolute atomic E-state index is 8.43. The number of hydrogen-bond acceptors (Lipinski definition) is 3. The number of oxime groups is 1. The smallest absolute Gasteiger partial charge is 0.170 e. The molecule has 0 amide bonds. The van der Waals surface area contributed by atoms with Crippen molar-refractivity contribution in [1.82, 2.24) is 0 Å². The van der Waals surface area contributed by atoms with Crippen LogP contribution in [0.15, 0.2) is 66.8 Å². The average Bonchev–Trinajstić information content (AvgIpc) is 2.61. The summed E-state index contributed by atoms with van der Waals surface area (Å²) in [6.07, 6.45) is 3.48. The highest BCUT2D eigenvalue weighted by molar-refractivity contribution is 5.97. The Hall–Kier alpha value is -3.32. The molecule has 0 aliphatic heterocycles. The Bertz CT molecular complexity index is 693. The van der Waals surface area contributed by atoms with E-state index in [1.54, 1.807) is 36.4 Å². The molecule has 2 aromatic rings. The SMILES string of the molecule is C=Cc1ccc(C#N)cc1.C=Cc1ccc(C(N)=NO)cc1. The number of rotatable bonds is 3. The Morgan fingerprint density at radius 2 is 1.45 bits per heavy atom. The Kier molecular flexibility index (Phi) is 6.67. The fraction of sp³-hybridized carbons (Fsp3) is 0. The molecular weight excluding hydrogens is 274 g/mol. The predicted octanol–water partition coefficient (Wildman–Crippen LogP) is 3.63. The molecule has 0 heterocycles. The number of nitriles is 1. The Morgan fingerprint density at radius 1 is 1.00 bits per heavy atom. The van der Waals surface area contributed by atoms with Crippen LogP contribution in [0, 0.1) is 11.3 Å². The van der Waals surface area contributed by atoms with Gasteiger partial charge in [-0.2, -0.15) is 5.26 Å². The zero-order chi connectivity index (χ0) is 16.4. The number of amidine groups is 1. The van der Waals surface area contributed by atoms with Gasteiger partial charge in [0.05, 0.1) is 11.6 Å². The van der Waals surface area contributed by atoms with Gasteiger partial charge in [-0.25, -0.2) is 0 Å². The molecule has 0 radical (unpaired) electrons. The third-order valence-electron chi connectivity index (χ3n) is 2.83. The minimum absolute atomic E-state index is 0.116. The van der Waals surface area contributed by atoms with E-state index in [1.807, 2.05) is 30.3 Å². The molecule has 0 saturated heterocycles. The highest BCUT2D eigenvalue weighted by atomic mass is 16.4. The first-order chi connectivity index (χ1) is 10.6. The van der Waals surface area contributed by atoms with E-state index < -0.39 is 0 Å². The summed E-state index contributed by atoms with van der Waals surface area (Å²) in [5.41, 5.74) is 8.79. The van der Waals surface area contributed by atoms with Gasteiger partial charge in [0.1, 0.15) is 0 Å². The van der Waals surface area contributed by atoms with Crippen LogP contribution >= 0.6 is 0 Å². The van der Waals surface area contributed by atoms with Crippen molar-refractivity contribution in [2.24, 2.45) is 10.9 Å². The largest absolute Gasteiger partial charge is 0.409 e. The van der Waals surface area contributed by atoms with Crippen molar-refractivity contribution in [2.75, 3.05) is 0 Å². The highest BCUT2D eigenvalue weighted by Crippen LogP contribution is 2.05. The summed E-state index contributed by atoms with van der Waals surface area (Å²) in [6, 6.07) is 16.6. The Morgan fingerprint density at radius 3 is 1.82 bits per heavy atom. The Balaban J connectivity index is 0.000000224. The van der Waals surface area contributed by atoms with Gasteiger partial charge in [0.2, 0.25) is 0 Å². The van der Waals surface area contributed by atoms with Crippen LogP contribution in [0.2, 0.25) is 0 Å². The number of hydrogen-bond donors (Lipinski definition) is 2. The van der Waals surface area contributed by atoms with E-state index in [1.165, 1.54) is 0 Å². The third-order valence-corrected chi connectivity index (χ3v) is 2.83. The van der Waals surface area contributed by atoms with Crippen molar-refractivity contribution in [3.8, 4) is 6.07 Å². The van der Waals surface area contributed by atoms with E-state index in [2.05, 4.69) is 18.3 Å². The lowest BCUT2D eigenvalue weighted by molar-refractivity contribution is 0.318. The summed E-state index contributed by atoms with van der Waals surface area (Å²) < 4.78 is 0. The van der Waals surface area contributed by atoms with Gasteiger partial charge in [-0.3, -0.25) is 0 Å². The fourth-order valence-corrected chi connectivity index (χ4v) is 1.54. The van der Waals surface area contributed by atoms with Gasteiger partial charge in [-0.15, -0.1) is 0 Å². The summed E-state index contributed by atoms with van der Waals surface area (Å²) in [7, 11) is 0. The summed E-state index contributed by atoms with van der Waals surface area (Å²) >= 11 is 0. The van der Waals surface area contributed by atoms with Crippen LogP contribution in [0.1, 0.15) is 22.3 Å². The van der Waals surface area contributed by atoms with E-state index >= 15 is 0 Å². The molecule has 3 N–H and O–H groups in total. The predicted molar refractivity (Wildman–Crippen MR) is 90.3 cm³/mol. The highest BCUT2D eigenvalue weighted by Gasteiger charge is 1.96. The van der Waals surface area contributed by atoms with Crippen LogP contribution in [-0.2, 0) is 0 Å². The van der Waals surface area contributed by atoms with Crippen molar-refractivity contribution in [1.29, 1.82) is 5.26 Å². The second kappa shape index (κ2) is 8.77. The molecule has 0 saturated carbocycles. The van der Waals surface area contributed by atoms with Crippen molar-refractivity contribution in [3.63, 3.8) is 0 Å². The van der Waals surface area contributed by atoms with E-state index in [0.717, 1.165) is 11.1 Å². The topological polar surface area (TPSA) is 82.4 Å². The molecule has 110 valence electrons. The van der Waals surface area contributed by atoms with Gasteiger partial charge in [0.15, 0.2) is 5.84 Å². The van der Waals surface area contributed by atoms with Gasteiger partial charge >= 0.3 is 0 Å². The van der Waals surface area contributed by atoms with Gasteiger partial charge in [-0.05, 0) is 23.3 Å². The van der Waals surface area contributed by atoms with Crippen LogP contribution < -0.4 is 5.73 Å². The number of benzene rings is 2. The summed E-state index contributed by atoms with van der Waals surface area (Å²) in [5.74, 6) is 0.116. The molecule has 0 aromatic heterocycles.